The van der Waals surface area contributed by atoms with Crippen LogP contribution < -0.4 is 11.1 Å². The molecule has 0 amide bonds. The third kappa shape index (κ3) is 2.95. The molecule has 1 N–H and O–H groups in total. The van der Waals surface area contributed by atoms with Crippen LogP contribution in [-0.2, 0) is 13.1 Å². The van der Waals surface area contributed by atoms with E-state index in [1.54, 1.807) is 4.57 Å². The molecule has 2 aromatic rings. The summed E-state index contributed by atoms with van der Waals surface area (Å²) in [6.45, 7) is 9.15. The van der Waals surface area contributed by atoms with Crippen molar-refractivity contribution in [1.82, 2.24) is 9.13 Å². The summed E-state index contributed by atoms with van der Waals surface area (Å²) in [6.07, 6.45) is 2.80. The molecule has 0 spiro atoms. The van der Waals surface area contributed by atoms with Gasteiger partial charge in [0.25, 0.3) is 0 Å². The smallest absolute Gasteiger partial charge is 0.317 e. The lowest BCUT2D eigenvalue weighted by Crippen LogP contribution is -2.44. The molecule has 1 aromatic carbocycles. The van der Waals surface area contributed by atoms with Gasteiger partial charge in [0.05, 0.1) is 23.7 Å². The van der Waals surface area contributed by atoms with E-state index in [9.17, 15) is 14.7 Å². The maximum atomic E-state index is 12.7. The zero-order chi connectivity index (χ0) is 18.3. The second-order valence-electron chi connectivity index (χ2n) is 7.46. The second kappa shape index (κ2) is 6.79. The van der Waals surface area contributed by atoms with Gasteiger partial charge < -0.3 is 9.67 Å². The molecule has 1 aliphatic rings. The molecule has 3 rings (SSSR count). The predicted molar refractivity (Wildman–Crippen MR) is 101 cm³/mol. The minimum atomic E-state index is -0.610. The molecule has 5 nitrogen and oxygen atoms in total. The Morgan fingerprint density at radius 3 is 2.68 bits per heavy atom. The maximum Gasteiger partial charge on any atom is 0.317 e. The van der Waals surface area contributed by atoms with Gasteiger partial charge in [0, 0.05) is 6.54 Å². The van der Waals surface area contributed by atoms with Gasteiger partial charge in [-0.2, -0.15) is 0 Å². The number of unbranched alkanes of at least 4 members (excludes halogenated alkanes) is 1. The summed E-state index contributed by atoms with van der Waals surface area (Å²) in [7, 11) is 0. The van der Waals surface area contributed by atoms with Crippen molar-refractivity contribution in [2.75, 3.05) is 0 Å². The Hall–Kier alpha value is -1.88. The highest BCUT2D eigenvalue weighted by Gasteiger charge is 2.26. The first-order chi connectivity index (χ1) is 11.9. The van der Waals surface area contributed by atoms with Crippen LogP contribution in [-0.4, -0.2) is 20.3 Å². The highest BCUT2D eigenvalue weighted by molar-refractivity contribution is 5.83. The first kappa shape index (κ1) is 17.9. The zero-order valence-electron chi connectivity index (χ0n) is 15.6. The van der Waals surface area contributed by atoms with Crippen LogP contribution in [0.5, 0.6) is 0 Å². The summed E-state index contributed by atoms with van der Waals surface area (Å²) in [5.74, 6) is 0.359. The van der Waals surface area contributed by atoms with E-state index in [1.165, 1.54) is 15.7 Å². The lowest BCUT2D eigenvalue weighted by molar-refractivity contribution is 0.141. The van der Waals surface area contributed by atoms with Gasteiger partial charge in [-0.15, -0.1) is 0 Å². The number of nitrogens with zero attached hydrogens (tertiary/aromatic N) is 2. The summed E-state index contributed by atoms with van der Waals surface area (Å²) in [6, 6.07) is 2.00. The highest BCUT2D eigenvalue weighted by Crippen LogP contribution is 2.35. The van der Waals surface area contributed by atoms with Gasteiger partial charge in [-0.1, -0.05) is 26.7 Å². The summed E-state index contributed by atoms with van der Waals surface area (Å²) in [4.78, 5) is 25.4. The van der Waals surface area contributed by atoms with Crippen LogP contribution in [0.2, 0.25) is 0 Å². The quantitative estimate of drug-likeness (QED) is 0.848. The average Bonchev–Trinajstić information content (AvgIpc) is 2.58. The molecule has 0 aliphatic carbocycles. The van der Waals surface area contributed by atoms with E-state index in [0.29, 0.717) is 18.9 Å². The van der Waals surface area contributed by atoms with Crippen LogP contribution in [0.4, 0.5) is 0 Å². The summed E-state index contributed by atoms with van der Waals surface area (Å²) < 4.78 is 3.15. The van der Waals surface area contributed by atoms with Crippen molar-refractivity contribution >= 4 is 11.0 Å². The van der Waals surface area contributed by atoms with Crippen molar-refractivity contribution in [3.8, 4) is 0 Å². The van der Waals surface area contributed by atoms with E-state index in [-0.39, 0.29) is 6.54 Å². The summed E-state index contributed by atoms with van der Waals surface area (Å²) in [5.41, 5.74) is 4.18. The van der Waals surface area contributed by atoms with Crippen LogP contribution in [0.3, 0.4) is 0 Å². The Balaban J connectivity index is 2.29. The number of hydrogen-bond acceptors (Lipinski definition) is 3. The van der Waals surface area contributed by atoms with Crippen molar-refractivity contribution in [3.05, 3.63) is 43.5 Å². The topological polar surface area (TPSA) is 64.2 Å². The number of hydrogen-bond donors (Lipinski definition) is 1. The van der Waals surface area contributed by atoms with E-state index in [1.807, 2.05) is 13.0 Å². The van der Waals surface area contributed by atoms with Gasteiger partial charge in [-0.25, -0.2) is 0 Å². The molecule has 2 unspecified atom stereocenters. The Kier molecular flexibility index (Phi) is 4.87. The lowest BCUT2D eigenvalue weighted by atomic mass is 9.87. The molecular formula is C20H28N2O3. The fourth-order valence-corrected chi connectivity index (χ4v) is 4.05. The van der Waals surface area contributed by atoms with Crippen LogP contribution in [0.15, 0.2) is 15.7 Å². The Labute approximate surface area is 147 Å². The van der Waals surface area contributed by atoms with Crippen molar-refractivity contribution < 1.29 is 5.11 Å². The fourth-order valence-electron chi connectivity index (χ4n) is 4.05. The number of aliphatic hydroxyl groups is 1. The third-order valence-electron chi connectivity index (χ3n) is 5.64. The number of aliphatic hydroxyl groups excluding tert-OH is 1. The molecule has 0 bridgehead atoms. The van der Waals surface area contributed by atoms with Gasteiger partial charge in [-0.05, 0) is 55.4 Å². The molecule has 0 saturated carbocycles. The molecule has 2 heterocycles. The number of aromatic nitrogens is 2. The molecule has 2 atom stereocenters. The molecule has 1 aromatic heterocycles. The van der Waals surface area contributed by atoms with Gasteiger partial charge in [0.15, 0.2) is 0 Å². The van der Waals surface area contributed by atoms with Gasteiger partial charge in [-0.3, -0.25) is 14.2 Å². The third-order valence-corrected chi connectivity index (χ3v) is 5.64. The minimum Gasteiger partial charge on any atom is -0.391 e. The molecule has 0 radical (unpaired) electrons. The Bertz CT molecular complexity index is 923. The SMILES string of the molecule is CCCCC(O)Cn1c(=O)c(=O)n2c3c(c(C)c(C)cc31)C(C)CC2. The Morgan fingerprint density at radius 2 is 2.00 bits per heavy atom. The van der Waals surface area contributed by atoms with E-state index >= 15 is 0 Å². The highest BCUT2D eigenvalue weighted by atomic mass is 16.3. The van der Waals surface area contributed by atoms with E-state index in [2.05, 4.69) is 20.8 Å². The number of rotatable bonds is 5. The van der Waals surface area contributed by atoms with Crippen molar-refractivity contribution in [3.63, 3.8) is 0 Å². The first-order valence-electron chi connectivity index (χ1n) is 9.32. The van der Waals surface area contributed by atoms with Crippen molar-refractivity contribution in [2.24, 2.45) is 0 Å². The fraction of sp³-hybridized carbons (Fsp3) is 0.600. The predicted octanol–water partition coefficient (Wildman–Crippen LogP) is 2.84. The molecule has 0 saturated heterocycles. The Morgan fingerprint density at radius 1 is 1.28 bits per heavy atom. The standard InChI is InChI=1S/C20H28N2O3/c1-5-6-7-15(23)11-22-16-10-13(3)14(4)17-12(2)8-9-21(18(16)17)19(24)20(22)25/h10,12,15,23H,5-9,11H2,1-4H3. The summed E-state index contributed by atoms with van der Waals surface area (Å²) in [5, 5.41) is 10.3. The maximum absolute atomic E-state index is 12.7. The molecule has 136 valence electrons. The number of aryl methyl sites for hydroxylation is 2. The zero-order valence-corrected chi connectivity index (χ0v) is 15.6. The van der Waals surface area contributed by atoms with Crippen LogP contribution >= 0.6 is 0 Å². The van der Waals surface area contributed by atoms with Crippen molar-refractivity contribution in [1.29, 1.82) is 0 Å². The van der Waals surface area contributed by atoms with Crippen LogP contribution in [0.1, 0.15) is 62.1 Å². The molecule has 5 heteroatoms. The molecular weight excluding hydrogens is 316 g/mol. The molecule has 25 heavy (non-hydrogen) atoms. The molecule has 1 aliphatic heterocycles. The lowest BCUT2D eigenvalue weighted by Gasteiger charge is -2.28. The monoisotopic (exact) mass is 344 g/mol. The van der Waals surface area contributed by atoms with Crippen LogP contribution in [0.25, 0.3) is 11.0 Å². The van der Waals surface area contributed by atoms with Gasteiger partial charge in [0.1, 0.15) is 0 Å². The van der Waals surface area contributed by atoms with E-state index in [0.717, 1.165) is 35.9 Å². The average molecular weight is 344 g/mol. The second-order valence-corrected chi connectivity index (χ2v) is 7.46. The largest absolute Gasteiger partial charge is 0.391 e. The number of benzene rings is 1. The first-order valence-corrected chi connectivity index (χ1v) is 9.32. The van der Waals surface area contributed by atoms with Gasteiger partial charge >= 0.3 is 11.1 Å². The normalized spacial score (nSPS) is 17.9. The van der Waals surface area contributed by atoms with Crippen molar-refractivity contribution in [2.45, 2.75) is 78.5 Å². The van der Waals surface area contributed by atoms with Gasteiger partial charge in [0.2, 0.25) is 0 Å². The molecule has 0 fully saturated rings. The van der Waals surface area contributed by atoms with Crippen LogP contribution in [0, 0.1) is 13.8 Å². The van der Waals surface area contributed by atoms with E-state index in [4.69, 9.17) is 0 Å². The summed E-state index contributed by atoms with van der Waals surface area (Å²) >= 11 is 0. The van der Waals surface area contributed by atoms with E-state index < -0.39 is 17.2 Å². The minimum absolute atomic E-state index is 0.182.